The van der Waals surface area contributed by atoms with Crippen LogP contribution >= 0.6 is 11.3 Å². The van der Waals surface area contributed by atoms with Gasteiger partial charge >= 0.3 is 0 Å². The van der Waals surface area contributed by atoms with E-state index in [1.165, 1.54) is 22.6 Å². The molecule has 1 heterocycles. The number of carbonyl (C=O) groups is 1. The van der Waals surface area contributed by atoms with E-state index in [0.29, 0.717) is 12.2 Å². The van der Waals surface area contributed by atoms with E-state index in [-0.39, 0.29) is 23.4 Å². The molecule has 0 amide bonds. The Bertz CT molecular complexity index is 871. The lowest BCUT2D eigenvalue weighted by Gasteiger charge is -2.18. The van der Waals surface area contributed by atoms with E-state index in [1.807, 2.05) is 6.21 Å². The largest absolute Gasteiger partial charge is 0.496 e. The maximum absolute atomic E-state index is 13.6. The fourth-order valence-electron chi connectivity index (χ4n) is 3.62. The number of halogens is 1. The molecule has 0 saturated carbocycles. The van der Waals surface area contributed by atoms with Gasteiger partial charge in [-0.2, -0.15) is 0 Å². The van der Waals surface area contributed by atoms with Crippen LogP contribution in [0.1, 0.15) is 53.6 Å². The van der Waals surface area contributed by atoms with Gasteiger partial charge in [0.05, 0.1) is 12.7 Å². The number of aryl methyl sites for hydroxylation is 1. The van der Waals surface area contributed by atoms with Crippen molar-refractivity contribution >= 4 is 28.3 Å². The van der Waals surface area contributed by atoms with Gasteiger partial charge in [0.2, 0.25) is 0 Å². The van der Waals surface area contributed by atoms with Gasteiger partial charge in [-0.05, 0) is 73.8 Å². The molecule has 0 N–H and O–H groups in total. The van der Waals surface area contributed by atoms with Crippen LogP contribution in [-0.2, 0) is 19.3 Å². The normalized spacial score (nSPS) is 15.7. The molecular formula is C22H26FNO2S. The molecule has 1 aliphatic carbocycles. The maximum atomic E-state index is 13.6. The molecule has 2 aromatic rings. The zero-order valence-corrected chi connectivity index (χ0v) is 17.2. The summed E-state index contributed by atoms with van der Waals surface area (Å²) in [6, 6.07) is 4.62. The molecule has 2 atom stereocenters. The third kappa shape index (κ3) is 4.29. The fourth-order valence-corrected chi connectivity index (χ4v) is 4.91. The van der Waals surface area contributed by atoms with Crippen LogP contribution in [0.15, 0.2) is 23.2 Å². The Labute approximate surface area is 164 Å². The zero-order valence-electron chi connectivity index (χ0n) is 16.3. The SMILES string of the molecule is COc1ccc(F)cc1CC(C)C(C)C=Nc1sc2c(c1C(C)=O)CCC2. The number of ether oxygens (including phenoxy) is 1. The monoisotopic (exact) mass is 387 g/mol. The van der Waals surface area contributed by atoms with Crippen LogP contribution < -0.4 is 4.74 Å². The van der Waals surface area contributed by atoms with E-state index in [2.05, 4.69) is 18.8 Å². The van der Waals surface area contributed by atoms with Gasteiger partial charge < -0.3 is 4.74 Å². The van der Waals surface area contributed by atoms with Gasteiger partial charge in [0.1, 0.15) is 16.6 Å². The van der Waals surface area contributed by atoms with Gasteiger partial charge in [0, 0.05) is 11.1 Å². The van der Waals surface area contributed by atoms with Gasteiger partial charge in [-0.25, -0.2) is 9.38 Å². The van der Waals surface area contributed by atoms with Gasteiger partial charge in [-0.1, -0.05) is 13.8 Å². The summed E-state index contributed by atoms with van der Waals surface area (Å²) in [5.74, 6) is 1.01. The molecule has 0 radical (unpaired) electrons. The number of benzene rings is 1. The third-order valence-electron chi connectivity index (χ3n) is 5.36. The number of rotatable bonds is 7. The highest BCUT2D eigenvalue weighted by Crippen LogP contribution is 2.41. The molecule has 3 nitrogen and oxygen atoms in total. The van der Waals surface area contributed by atoms with E-state index >= 15 is 0 Å². The lowest BCUT2D eigenvalue weighted by molar-refractivity contribution is 0.101. The van der Waals surface area contributed by atoms with Gasteiger partial charge in [-0.3, -0.25) is 4.79 Å². The summed E-state index contributed by atoms with van der Waals surface area (Å²) >= 11 is 1.65. The first kappa shape index (κ1) is 19.7. The average molecular weight is 388 g/mol. The summed E-state index contributed by atoms with van der Waals surface area (Å²) in [5, 5.41) is 0.842. The van der Waals surface area contributed by atoms with E-state index in [0.717, 1.165) is 35.4 Å². The van der Waals surface area contributed by atoms with Crippen LogP contribution in [0, 0.1) is 17.7 Å². The van der Waals surface area contributed by atoms with Crippen LogP contribution in [0.25, 0.3) is 0 Å². The Kier molecular flexibility index (Phi) is 6.10. The van der Waals surface area contributed by atoms with Crippen molar-refractivity contribution in [1.29, 1.82) is 0 Å². The fraction of sp³-hybridized carbons (Fsp3) is 0.455. The molecule has 3 rings (SSSR count). The highest BCUT2D eigenvalue weighted by molar-refractivity contribution is 7.16. The highest BCUT2D eigenvalue weighted by atomic mass is 32.1. The summed E-state index contributed by atoms with van der Waals surface area (Å²) in [6.45, 7) is 5.86. The van der Waals surface area contributed by atoms with Crippen molar-refractivity contribution in [2.24, 2.45) is 16.8 Å². The second kappa shape index (κ2) is 8.34. The summed E-state index contributed by atoms with van der Waals surface area (Å²) in [6.07, 6.45) is 5.82. The number of fused-ring (bicyclic) bond motifs is 1. The summed E-state index contributed by atoms with van der Waals surface area (Å²) < 4.78 is 18.9. The van der Waals surface area contributed by atoms with E-state index in [9.17, 15) is 9.18 Å². The Morgan fingerprint density at radius 2 is 2.15 bits per heavy atom. The molecule has 1 aliphatic rings. The number of carbonyl (C=O) groups excluding carboxylic acids is 1. The number of methoxy groups -OCH3 is 1. The molecule has 144 valence electrons. The smallest absolute Gasteiger partial charge is 0.163 e. The molecule has 2 unspecified atom stereocenters. The molecule has 0 bridgehead atoms. The molecule has 1 aromatic heterocycles. The van der Waals surface area contributed by atoms with Crippen LogP contribution in [0.5, 0.6) is 5.75 Å². The number of thiophene rings is 1. The van der Waals surface area contributed by atoms with Crippen molar-refractivity contribution in [2.45, 2.75) is 46.5 Å². The van der Waals surface area contributed by atoms with Gasteiger partial charge in [0.25, 0.3) is 0 Å². The van der Waals surface area contributed by atoms with Crippen LogP contribution in [0.4, 0.5) is 9.39 Å². The molecule has 0 aliphatic heterocycles. The summed E-state index contributed by atoms with van der Waals surface area (Å²) in [4.78, 5) is 18.1. The Morgan fingerprint density at radius 3 is 2.85 bits per heavy atom. The minimum Gasteiger partial charge on any atom is -0.496 e. The molecule has 0 saturated heterocycles. The quantitative estimate of drug-likeness (QED) is 0.444. The average Bonchev–Trinajstić information content (AvgIpc) is 3.20. The van der Waals surface area contributed by atoms with E-state index < -0.39 is 0 Å². The van der Waals surface area contributed by atoms with Crippen molar-refractivity contribution in [2.75, 3.05) is 7.11 Å². The van der Waals surface area contributed by atoms with Crippen molar-refractivity contribution < 1.29 is 13.9 Å². The number of hydrogen-bond acceptors (Lipinski definition) is 4. The van der Waals surface area contributed by atoms with E-state index in [1.54, 1.807) is 31.4 Å². The first-order valence-electron chi connectivity index (χ1n) is 9.42. The van der Waals surface area contributed by atoms with Crippen molar-refractivity contribution in [1.82, 2.24) is 0 Å². The van der Waals surface area contributed by atoms with Crippen LogP contribution in [0.3, 0.4) is 0 Å². The Hall–Kier alpha value is -2.01. The third-order valence-corrected chi connectivity index (χ3v) is 6.56. The minimum atomic E-state index is -0.251. The standard InChI is InChI=1S/C22H26FNO2S/c1-13(10-16-11-17(23)8-9-19(16)26-4)14(2)12-24-22-21(15(3)25)18-6-5-7-20(18)27-22/h8-9,11-14H,5-7,10H2,1-4H3. The Morgan fingerprint density at radius 1 is 1.37 bits per heavy atom. The second-order valence-corrected chi connectivity index (χ2v) is 8.45. The number of Topliss-reactive ketones (excluding diaryl/α,β-unsaturated/α-hetero) is 1. The molecule has 0 fully saturated rings. The van der Waals surface area contributed by atoms with Crippen molar-refractivity contribution in [3.05, 3.63) is 45.6 Å². The van der Waals surface area contributed by atoms with Crippen LogP contribution in [-0.4, -0.2) is 19.1 Å². The number of hydrogen-bond donors (Lipinski definition) is 0. The number of aliphatic imine (C=N–C) groups is 1. The predicted molar refractivity (Wildman–Crippen MR) is 109 cm³/mol. The van der Waals surface area contributed by atoms with Crippen molar-refractivity contribution in [3.63, 3.8) is 0 Å². The van der Waals surface area contributed by atoms with Gasteiger partial charge in [-0.15, -0.1) is 11.3 Å². The molecule has 0 spiro atoms. The minimum absolute atomic E-state index is 0.103. The second-order valence-electron chi connectivity index (χ2n) is 7.37. The zero-order chi connectivity index (χ0) is 19.6. The summed E-state index contributed by atoms with van der Waals surface area (Å²) in [5.41, 5.74) is 2.89. The van der Waals surface area contributed by atoms with Crippen LogP contribution in [0.2, 0.25) is 0 Å². The van der Waals surface area contributed by atoms with Crippen molar-refractivity contribution in [3.8, 4) is 5.75 Å². The summed E-state index contributed by atoms with van der Waals surface area (Å²) in [7, 11) is 1.60. The lowest BCUT2D eigenvalue weighted by Crippen LogP contribution is -2.13. The first-order chi connectivity index (χ1) is 12.9. The van der Waals surface area contributed by atoms with E-state index in [4.69, 9.17) is 4.74 Å². The molecular weight excluding hydrogens is 361 g/mol. The maximum Gasteiger partial charge on any atom is 0.163 e. The topological polar surface area (TPSA) is 38.7 Å². The first-order valence-corrected chi connectivity index (χ1v) is 10.2. The molecule has 5 heteroatoms. The predicted octanol–water partition coefficient (Wildman–Crippen LogP) is 5.80. The molecule has 27 heavy (non-hydrogen) atoms. The highest BCUT2D eigenvalue weighted by Gasteiger charge is 2.24. The number of ketones is 1. The number of nitrogens with zero attached hydrogens (tertiary/aromatic N) is 1. The van der Waals surface area contributed by atoms with Gasteiger partial charge in [0.15, 0.2) is 5.78 Å². The Balaban J connectivity index is 1.75. The molecule has 1 aromatic carbocycles. The lowest BCUT2D eigenvalue weighted by atomic mass is 9.90.